The van der Waals surface area contributed by atoms with E-state index in [1.54, 1.807) is 24.3 Å². The Labute approximate surface area is 208 Å². The Hall–Kier alpha value is -2.83. The number of anilines is 1. The maximum Gasteiger partial charge on any atom is 0.411 e. The number of carboxylic acid groups (broad SMARTS) is 1. The second-order valence-electron chi connectivity index (χ2n) is 8.93. The van der Waals surface area contributed by atoms with Gasteiger partial charge < -0.3 is 14.8 Å². The minimum absolute atomic E-state index is 0.105. The number of hydrogen-bond acceptors (Lipinski definition) is 6. The number of nitrogens with one attached hydrogen (secondary N) is 2. The number of benzene rings is 1. The van der Waals surface area contributed by atoms with E-state index in [4.69, 9.17) is 11.6 Å². The number of carbonyl (C=O) groups is 2. The van der Waals surface area contributed by atoms with Crippen LogP contribution in [0.4, 0.5) is 15.3 Å². The van der Waals surface area contributed by atoms with Crippen LogP contribution in [0.3, 0.4) is 0 Å². The van der Waals surface area contributed by atoms with Crippen molar-refractivity contribution < 1.29 is 27.9 Å². The zero-order chi connectivity index (χ0) is 25.3. The van der Waals surface area contributed by atoms with E-state index in [1.807, 2.05) is 0 Å². The molecule has 13 heteroatoms. The number of imidazole rings is 1. The van der Waals surface area contributed by atoms with E-state index < -0.39 is 28.3 Å². The molecule has 1 aromatic carbocycles. The number of hydrogen-bond donors (Lipinski definition) is 3. The molecule has 3 N–H and O–H groups in total. The number of H-pyrrole nitrogens is 1. The zero-order valence-corrected chi connectivity index (χ0v) is 21.0. The van der Waals surface area contributed by atoms with Gasteiger partial charge in [-0.25, -0.2) is 27.3 Å². The van der Waals surface area contributed by atoms with Gasteiger partial charge in [0.2, 0.25) is 10.0 Å². The molecule has 3 heterocycles. The summed E-state index contributed by atoms with van der Waals surface area (Å²) in [5, 5.41) is 12.6. The first kappa shape index (κ1) is 25.3. The maximum absolute atomic E-state index is 12.0. The van der Waals surface area contributed by atoms with Gasteiger partial charge >= 0.3 is 12.2 Å². The summed E-state index contributed by atoms with van der Waals surface area (Å²) < 4.78 is 29.7. The summed E-state index contributed by atoms with van der Waals surface area (Å²) in [4.78, 5) is 32.4. The number of aromatic nitrogens is 2. The van der Waals surface area contributed by atoms with Crippen molar-refractivity contribution in [2.24, 2.45) is 11.8 Å². The summed E-state index contributed by atoms with van der Waals surface area (Å²) >= 11 is 6.42. The van der Waals surface area contributed by atoms with Crippen LogP contribution in [0.15, 0.2) is 24.3 Å². The third kappa shape index (κ3) is 5.54. The van der Waals surface area contributed by atoms with Gasteiger partial charge in [0.25, 0.3) is 0 Å². The van der Waals surface area contributed by atoms with E-state index in [2.05, 4.69) is 20.0 Å². The third-order valence-electron chi connectivity index (χ3n) is 6.81. The molecule has 2 saturated heterocycles. The van der Waals surface area contributed by atoms with Crippen LogP contribution in [0.25, 0.3) is 11.3 Å². The van der Waals surface area contributed by atoms with Crippen molar-refractivity contribution in [3.63, 3.8) is 0 Å². The Balaban J connectivity index is 1.50. The molecule has 2 fully saturated rings. The van der Waals surface area contributed by atoms with Crippen molar-refractivity contribution in [3.8, 4) is 11.3 Å². The average molecular weight is 526 g/mol. The van der Waals surface area contributed by atoms with Gasteiger partial charge in [-0.3, -0.25) is 10.2 Å². The van der Waals surface area contributed by atoms with Crippen LogP contribution >= 0.6 is 11.6 Å². The van der Waals surface area contributed by atoms with Crippen LogP contribution in [-0.4, -0.2) is 77.9 Å². The van der Waals surface area contributed by atoms with Gasteiger partial charge in [-0.05, 0) is 43.2 Å². The normalized spacial score (nSPS) is 21.7. The van der Waals surface area contributed by atoms with Crippen LogP contribution in [0.5, 0.6) is 0 Å². The second-order valence-corrected chi connectivity index (χ2v) is 11.3. The van der Waals surface area contributed by atoms with E-state index in [0.29, 0.717) is 56.1 Å². The van der Waals surface area contributed by atoms with Gasteiger partial charge in [0.1, 0.15) is 5.82 Å². The SMILES string of the molecule is COC(=O)Nc1ccc(-c2[nH]c([C@@H]3C[C@H](C4CCN(S(C)(=O)=O)CC4)CN3C(=O)O)nc2Cl)cc1. The fourth-order valence-corrected chi connectivity index (χ4v) is 6.09. The van der Waals surface area contributed by atoms with Gasteiger partial charge in [0.05, 0.1) is 25.1 Å². The number of nitrogens with zero attached hydrogens (tertiary/aromatic N) is 3. The van der Waals surface area contributed by atoms with Gasteiger partial charge in [-0.1, -0.05) is 23.7 Å². The largest absolute Gasteiger partial charge is 0.465 e. The van der Waals surface area contributed by atoms with Crippen molar-refractivity contribution >= 4 is 39.5 Å². The molecular weight excluding hydrogens is 498 g/mol. The highest BCUT2D eigenvalue weighted by Gasteiger charge is 2.42. The number of methoxy groups -OCH3 is 1. The molecule has 35 heavy (non-hydrogen) atoms. The molecular formula is C22H28ClN5O6S. The fraction of sp³-hybridized carbons (Fsp3) is 0.500. The molecule has 2 amide bonds. The highest BCUT2D eigenvalue weighted by Crippen LogP contribution is 2.42. The number of amides is 2. The van der Waals surface area contributed by atoms with Gasteiger partial charge in [-0.15, -0.1) is 0 Å². The third-order valence-corrected chi connectivity index (χ3v) is 8.39. The molecule has 2 aromatic rings. The van der Waals surface area contributed by atoms with Crippen LogP contribution in [0.2, 0.25) is 5.15 Å². The van der Waals surface area contributed by atoms with Gasteiger partial charge in [-0.2, -0.15) is 0 Å². The van der Waals surface area contributed by atoms with Crippen molar-refractivity contribution in [2.75, 3.05) is 38.3 Å². The molecule has 2 aliphatic heterocycles. The summed E-state index contributed by atoms with van der Waals surface area (Å²) in [6.07, 6.45) is 1.60. The quantitative estimate of drug-likeness (QED) is 0.540. The van der Waals surface area contributed by atoms with Crippen LogP contribution < -0.4 is 5.32 Å². The van der Waals surface area contributed by atoms with E-state index in [1.165, 1.54) is 22.6 Å². The van der Waals surface area contributed by atoms with E-state index in [-0.39, 0.29) is 17.0 Å². The molecule has 190 valence electrons. The van der Waals surface area contributed by atoms with Crippen molar-refractivity contribution in [3.05, 3.63) is 35.2 Å². The topological polar surface area (TPSA) is 145 Å². The summed E-state index contributed by atoms with van der Waals surface area (Å²) in [5.74, 6) is 0.814. The predicted octanol–water partition coefficient (Wildman–Crippen LogP) is 3.62. The number of ether oxygens (including phenoxy) is 1. The smallest absolute Gasteiger partial charge is 0.411 e. The lowest BCUT2D eigenvalue weighted by Crippen LogP contribution is -2.40. The highest BCUT2D eigenvalue weighted by atomic mass is 35.5. The summed E-state index contributed by atoms with van der Waals surface area (Å²) in [5.41, 5.74) is 1.84. The predicted molar refractivity (Wildman–Crippen MR) is 130 cm³/mol. The van der Waals surface area contributed by atoms with Gasteiger partial charge in [0, 0.05) is 30.9 Å². The average Bonchev–Trinajstić information content (AvgIpc) is 3.43. The monoisotopic (exact) mass is 525 g/mol. The standard InChI is InChI=1S/C22H28ClN5O6S/c1-34-21(29)24-16-5-3-14(4-6-16)18-19(23)26-20(25-18)17-11-15(12-28(17)22(30)31)13-7-9-27(10-8-13)35(2,32)33/h3-6,13,15,17H,7-12H2,1-2H3,(H,24,29)(H,25,26)(H,30,31)/t15-,17-/m0/s1. The Kier molecular flexibility index (Phi) is 7.25. The second kappa shape index (κ2) is 10.0. The number of sulfonamides is 1. The Morgan fingerprint density at radius 3 is 2.43 bits per heavy atom. The minimum Gasteiger partial charge on any atom is -0.465 e. The molecule has 0 radical (unpaired) electrons. The lowest BCUT2D eigenvalue weighted by atomic mass is 9.83. The van der Waals surface area contributed by atoms with Crippen molar-refractivity contribution in [1.82, 2.24) is 19.2 Å². The molecule has 0 unspecified atom stereocenters. The molecule has 0 saturated carbocycles. The molecule has 0 spiro atoms. The lowest BCUT2D eigenvalue weighted by Gasteiger charge is -2.33. The van der Waals surface area contributed by atoms with Crippen molar-refractivity contribution in [1.29, 1.82) is 0 Å². The molecule has 2 aliphatic rings. The molecule has 2 atom stereocenters. The van der Waals surface area contributed by atoms with Crippen LogP contribution in [-0.2, 0) is 14.8 Å². The molecule has 0 aliphatic carbocycles. The van der Waals surface area contributed by atoms with E-state index in [9.17, 15) is 23.1 Å². The zero-order valence-electron chi connectivity index (χ0n) is 19.4. The number of piperidine rings is 1. The molecule has 0 bridgehead atoms. The highest BCUT2D eigenvalue weighted by molar-refractivity contribution is 7.88. The first-order chi connectivity index (χ1) is 16.6. The van der Waals surface area contributed by atoms with E-state index >= 15 is 0 Å². The molecule has 11 nitrogen and oxygen atoms in total. The molecule has 1 aromatic heterocycles. The Bertz CT molecular complexity index is 1190. The summed E-state index contributed by atoms with van der Waals surface area (Å²) in [6, 6.07) is 6.44. The number of aromatic amines is 1. The number of rotatable bonds is 5. The van der Waals surface area contributed by atoms with Crippen LogP contribution in [0.1, 0.15) is 31.1 Å². The number of halogens is 1. The van der Waals surface area contributed by atoms with Crippen molar-refractivity contribution in [2.45, 2.75) is 25.3 Å². The fourth-order valence-electron chi connectivity index (χ4n) is 4.97. The first-order valence-electron chi connectivity index (χ1n) is 11.2. The maximum atomic E-state index is 12.0. The first-order valence-corrected chi connectivity index (χ1v) is 13.4. The Morgan fingerprint density at radius 2 is 1.86 bits per heavy atom. The molecule has 4 rings (SSSR count). The summed E-state index contributed by atoms with van der Waals surface area (Å²) in [6.45, 7) is 1.27. The Morgan fingerprint density at radius 1 is 1.20 bits per heavy atom. The number of carbonyl (C=O) groups excluding carboxylic acids is 1. The number of likely N-dealkylation sites (tertiary alicyclic amines) is 1. The van der Waals surface area contributed by atoms with Gasteiger partial charge in [0.15, 0.2) is 5.15 Å². The summed E-state index contributed by atoms with van der Waals surface area (Å²) in [7, 11) is -1.94. The lowest BCUT2D eigenvalue weighted by molar-refractivity contribution is 0.135. The van der Waals surface area contributed by atoms with Crippen LogP contribution in [0, 0.1) is 11.8 Å². The van der Waals surface area contributed by atoms with E-state index in [0.717, 1.165) is 5.56 Å². The minimum atomic E-state index is -3.22.